The van der Waals surface area contributed by atoms with Crippen LogP contribution in [0.5, 0.6) is 0 Å². The number of carbonyl (C=O) groups is 1. The van der Waals surface area contributed by atoms with E-state index in [0.717, 1.165) is 23.4 Å². The number of hydrogen-bond acceptors (Lipinski definition) is 2. The van der Waals surface area contributed by atoms with E-state index < -0.39 is 0 Å². The van der Waals surface area contributed by atoms with Crippen LogP contribution in [0.2, 0.25) is 0 Å². The molecule has 3 nitrogen and oxygen atoms in total. The Balaban J connectivity index is 2.13. The summed E-state index contributed by atoms with van der Waals surface area (Å²) in [5, 5.41) is 2.87. The van der Waals surface area contributed by atoms with Gasteiger partial charge in [-0.15, -0.1) is 0 Å². The molecular weight excluding hydrogens is 236 g/mol. The molecule has 0 heterocycles. The van der Waals surface area contributed by atoms with Crippen molar-refractivity contribution in [2.75, 3.05) is 11.1 Å². The Bertz CT molecular complexity index is 588. The monoisotopic (exact) mass is 254 g/mol. The first-order valence-electron chi connectivity index (χ1n) is 6.36. The smallest absolute Gasteiger partial charge is 0.255 e. The number of carbonyl (C=O) groups excluding carboxylic acids is 1. The SMILES string of the molecule is CCc1ccc(C(=O)Nc2ccc(N)c(C)c2)cc1. The third-order valence-electron chi connectivity index (χ3n) is 3.15. The van der Waals surface area contributed by atoms with Gasteiger partial charge in [-0.3, -0.25) is 4.79 Å². The Labute approximate surface area is 113 Å². The number of rotatable bonds is 3. The molecule has 0 unspecified atom stereocenters. The van der Waals surface area contributed by atoms with Gasteiger partial charge in [-0.05, 0) is 54.8 Å². The molecule has 1 amide bonds. The molecule has 0 bridgehead atoms. The molecule has 0 aromatic heterocycles. The van der Waals surface area contributed by atoms with Crippen molar-refractivity contribution in [2.45, 2.75) is 20.3 Å². The normalized spacial score (nSPS) is 10.2. The molecule has 2 aromatic carbocycles. The van der Waals surface area contributed by atoms with E-state index >= 15 is 0 Å². The standard InChI is InChI=1S/C16H18N2O/c1-3-12-4-6-13(7-5-12)16(19)18-14-8-9-15(17)11(2)10-14/h4-10H,3,17H2,1-2H3,(H,18,19). The summed E-state index contributed by atoms with van der Waals surface area (Å²) in [5.41, 5.74) is 10.1. The van der Waals surface area contributed by atoms with Gasteiger partial charge in [0, 0.05) is 16.9 Å². The van der Waals surface area contributed by atoms with Gasteiger partial charge in [0.05, 0.1) is 0 Å². The number of anilines is 2. The van der Waals surface area contributed by atoms with Crippen molar-refractivity contribution in [3.05, 3.63) is 59.2 Å². The van der Waals surface area contributed by atoms with Crippen LogP contribution in [0.15, 0.2) is 42.5 Å². The maximum atomic E-state index is 12.1. The van der Waals surface area contributed by atoms with Gasteiger partial charge >= 0.3 is 0 Å². The molecule has 0 aliphatic heterocycles. The molecule has 0 aliphatic carbocycles. The van der Waals surface area contributed by atoms with E-state index in [-0.39, 0.29) is 5.91 Å². The van der Waals surface area contributed by atoms with Gasteiger partial charge in [0.1, 0.15) is 0 Å². The van der Waals surface area contributed by atoms with E-state index in [1.54, 1.807) is 12.1 Å². The van der Waals surface area contributed by atoms with Gasteiger partial charge in [0.2, 0.25) is 0 Å². The van der Waals surface area contributed by atoms with Gasteiger partial charge in [0.25, 0.3) is 5.91 Å². The van der Waals surface area contributed by atoms with Crippen molar-refractivity contribution in [2.24, 2.45) is 0 Å². The quantitative estimate of drug-likeness (QED) is 0.825. The lowest BCUT2D eigenvalue weighted by atomic mass is 10.1. The summed E-state index contributed by atoms with van der Waals surface area (Å²) in [6, 6.07) is 13.1. The highest BCUT2D eigenvalue weighted by atomic mass is 16.1. The molecule has 98 valence electrons. The van der Waals surface area contributed by atoms with E-state index in [9.17, 15) is 4.79 Å². The Morgan fingerprint density at radius 1 is 1.16 bits per heavy atom. The van der Waals surface area contributed by atoms with Gasteiger partial charge < -0.3 is 11.1 Å². The molecule has 0 radical (unpaired) electrons. The van der Waals surface area contributed by atoms with Crippen LogP contribution < -0.4 is 11.1 Å². The summed E-state index contributed by atoms with van der Waals surface area (Å²) in [6.45, 7) is 4.01. The average molecular weight is 254 g/mol. The van der Waals surface area contributed by atoms with Crippen molar-refractivity contribution in [1.82, 2.24) is 0 Å². The van der Waals surface area contributed by atoms with Crippen molar-refractivity contribution in [3.8, 4) is 0 Å². The molecule has 0 fully saturated rings. The van der Waals surface area contributed by atoms with Crippen LogP contribution in [0, 0.1) is 6.92 Å². The Hall–Kier alpha value is -2.29. The fraction of sp³-hybridized carbons (Fsp3) is 0.188. The minimum Gasteiger partial charge on any atom is -0.399 e. The zero-order valence-corrected chi connectivity index (χ0v) is 11.2. The summed E-state index contributed by atoms with van der Waals surface area (Å²) in [7, 11) is 0. The highest BCUT2D eigenvalue weighted by Gasteiger charge is 2.06. The number of nitrogens with two attached hydrogens (primary N) is 1. The van der Waals surface area contributed by atoms with E-state index in [1.165, 1.54) is 5.56 Å². The summed E-state index contributed by atoms with van der Waals surface area (Å²) in [5.74, 6) is -0.105. The lowest BCUT2D eigenvalue weighted by molar-refractivity contribution is 0.102. The minimum atomic E-state index is -0.105. The number of nitrogen functional groups attached to an aromatic ring is 1. The van der Waals surface area contributed by atoms with Crippen molar-refractivity contribution in [1.29, 1.82) is 0 Å². The molecular formula is C16H18N2O. The predicted molar refractivity (Wildman–Crippen MR) is 79.4 cm³/mol. The van der Waals surface area contributed by atoms with Gasteiger partial charge in [-0.2, -0.15) is 0 Å². The first kappa shape index (κ1) is 13.1. The molecule has 0 saturated carbocycles. The first-order chi connectivity index (χ1) is 9.10. The summed E-state index contributed by atoms with van der Waals surface area (Å²) >= 11 is 0. The van der Waals surface area contributed by atoms with Gasteiger partial charge in [-0.1, -0.05) is 19.1 Å². The third kappa shape index (κ3) is 3.13. The Morgan fingerprint density at radius 2 is 1.84 bits per heavy atom. The zero-order valence-electron chi connectivity index (χ0n) is 11.2. The van der Waals surface area contributed by atoms with Gasteiger partial charge in [0.15, 0.2) is 0 Å². The van der Waals surface area contributed by atoms with Crippen LogP contribution in [-0.2, 0) is 6.42 Å². The molecule has 0 saturated heterocycles. The maximum absolute atomic E-state index is 12.1. The van der Waals surface area contributed by atoms with E-state index in [0.29, 0.717) is 5.56 Å². The molecule has 3 N–H and O–H groups in total. The molecule has 2 aromatic rings. The second-order valence-corrected chi connectivity index (χ2v) is 4.58. The number of benzene rings is 2. The maximum Gasteiger partial charge on any atom is 0.255 e. The van der Waals surface area contributed by atoms with Gasteiger partial charge in [-0.25, -0.2) is 0 Å². The molecule has 2 rings (SSSR count). The van der Waals surface area contributed by atoms with Crippen LogP contribution in [0.1, 0.15) is 28.4 Å². The van der Waals surface area contributed by atoms with Crippen molar-refractivity contribution in [3.63, 3.8) is 0 Å². The number of hydrogen-bond donors (Lipinski definition) is 2. The molecule has 0 atom stereocenters. The second-order valence-electron chi connectivity index (χ2n) is 4.58. The van der Waals surface area contributed by atoms with Crippen LogP contribution in [0.3, 0.4) is 0 Å². The molecule has 0 spiro atoms. The molecule has 19 heavy (non-hydrogen) atoms. The Morgan fingerprint density at radius 3 is 2.42 bits per heavy atom. The van der Waals surface area contributed by atoms with Crippen molar-refractivity contribution < 1.29 is 4.79 Å². The highest BCUT2D eigenvalue weighted by molar-refractivity contribution is 6.04. The van der Waals surface area contributed by atoms with Crippen LogP contribution in [-0.4, -0.2) is 5.91 Å². The topological polar surface area (TPSA) is 55.1 Å². The summed E-state index contributed by atoms with van der Waals surface area (Å²) in [6.07, 6.45) is 0.971. The predicted octanol–water partition coefficient (Wildman–Crippen LogP) is 3.39. The summed E-state index contributed by atoms with van der Waals surface area (Å²) in [4.78, 5) is 12.1. The van der Waals surface area contributed by atoms with Crippen LogP contribution in [0.25, 0.3) is 0 Å². The number of amides is 1. The summed E-state index contributed by atoms with van der Waals surface area (Å²) < 4.78 is 0. The number of aryl methyl sites for hydroxylation is 2. The van der Waals surface area contributed by atoms with E-state index in [4.69, 9.17) is 5.73 Å². The lowest BCUT2D eigenvalue weighted by Gasteiger charge is -2.08. The fourth-order valence-electron chi connectivity index (χ4n) is 1.85. The second kappa shape index (κ2) is 5.57. The minimum absolute atomic E-state index is 0.105. The van der Waals surface area contributed by atoms with Crippen LogP contribution in [0.4, 0.5) is 11.4 Å². The van der Waals surface area contributed by atoms with E-state index in [2.05, 4.69) is 12.2 Å². The fourth-order valence-corrected chi connectivity index (χ4v) is 1.85. The molecule has 3 heteroatoms. The average Bonchev–Trinajstić information content (AvgIpc) is 2.43. The lowest BCUT2D eigenvalue weighted by Crippen LogP contribution is -2.12. The van der Waals surface area contributed by atoms with Crippen LogP contribution >= 0.6 is 0 Å². The zero-order chi connectivity index (χ0) is 13.8. The van der Waals surface area contributed by atoms with Crippen molar-refractivity contribution >= 4 is 17.3 Å². The third-order valence-corrected chi connectivity index (χ3v) is 3.15. The largest absolute Gasteiger partial charge is 0.399 e. The van der Waals surface area contributed by atoms with E-state index in [1.807, 2.05) is 37.3 Å². The first-order valence-corrected chi connectivity index (χ1v) is 6.36. The molecule has 0 aliphatic rings. The Kier molecular flexibility index (Phi) is 3.85. The highest BCUT2D eigenvalue weighted by Crippen LogP contribution is 2.17. The number of nitrogens with one attached hydrogen (secondary N) is 1.